The summed E-state index contributed by atoms with van der Waals surface area (Å²) in [5.41, 5.74) is 13.3. The maximum atomic E-state index is 15.4. The average Bonchev–Trinajstić information content (AvgIpc) is 3.70. The lowest BCUT2D eigenvalue weighted by Gasteiger charge is -2.21. The number of benzene rings is 7. The molecule has 2 nitrogen and oxygen atoms in total. The first-order valence-corrected chi connectivity index (χ1v) is 18.3. The van der Waals surface area contributed by atoms with E-state index in [0.717, 1.165) is 43.8 Å². The standard InChI is InChI=1S/C45H32NOP/c1-45(2)38-17-9-6-14-33(38)37-28-30(22-26-39(37)45)29-20-23-31(24-21-29)46-40-18-10-7-15-34(40)35-25-27-42-43(44(35)46)36-16-8-11-19-41(36)48(42,47)32-12-4-3-5-13-32/h3-28H,1-2H3. The Morgan fingerprint density at radius 1 is 0.521 bits per heavy atom. The highest BCUT2D eigenvalue weighted by molar-refractivity contribution is 7.86. The molecule has 0 spiro atoms. The molecule has 0 amide bonds. The van der Waals surface area contributed by atoms with E-state index < -0.39 is 7.14 Å². The van der Waals surface area contributed by atoms with Crippen LogP contribution in [-0.2, 0) is 9.98 Å². The van der Waals surface area contributed by atoms with Gasteiger partial charge in [0.25, 0.3) is 0 Å². The molecular weight excluding hydrogens is 601 g/mol. The third-order valence-electron chi connectivity index (χ3n) is 10.8. The van der Waals surface area contributed by atoms with E-state index in [-0.39, 0.29) is 5.41 Å². The molecule has 0 radical (unpaired) electrons. The van der Waals surface area contributed by atoms with Crippen LogP contribution >= 0.6 is 7.14 Å². The molecule has 2 aliphatic rings. The summed E-state index contributed by atoms with van der Waals surface area (Å²) in [6.45, 7) is 4.65. The summed E-state index contributed by atoms with van der Waals surface area (Å²) in [5.74, 6) is 0. The summed E-state index contributed by atoms with van der Waals surface area (Å²) in [5, 5.41) is 5.09. The highest BCUT2D eigenvalue weighted by Gasteiger charge is 2.42. The smallest absolute Gasteiger partial charge is 0.172 e. The maximum Gasteiger partial charge on any atom is 0.172 e. The number of aromatic nitrogens is 1. The van der Waals surface area contributed by atoms with Crippen LogP contribution in [0.3, 0.4) is 0 Å². The van der Waals surface area contributed by atoms with Crippen molar-refractivity contribution in [2.24, 2.45) is 0 Å². The molecule has 0 fully saturated rings. The van der Waals surface area contributed by atoms with E-state index in [1.807, 2.05) is 36.4 Å². The predicted molar refractivity (Wildman–Crippen MR) is 202 cm³/mol. The molecule has 1 atom stereocenters. The Kier molecular flexibility index (Phi) is 5.65. The Balaban J connectivity index is 1.18. The molecule has 8 aromatic rings. The van der Waals surface area contributed by atoms with Crippen LogP contribution in [0.2, 0.25) is 0 Å². The lowest BCUT2D eigenvalue weighted by atomic mass is 9.82. The molecule has 2 heterocycles. The number of nitrogens with zero attached hydrogens (tertiary/aromatic N) is 1. The van der Waals surface area contributed by atoms with Gasteiger partial charge in [-0.1, -0.05) is 141 Å². The first-order chi connectivity index (χ1) is 23.5. The van der Waals surface area contributed by atoms with Gasteiger partial charge in [-0.2, -0.15) is 0 Å². The quantitative estimate of drug-likeness (QED) is 0.178. The van der Waals surface area contributed by atoms with Gasteiger partial charge in [0, 0.05) is 43.4 Å². The second kappa shape index (κ2) is 9.80. The monoisotopic (exact) mass is 633 g/mol. The number of hydrogen-bond acceptors (Lipinski definition) is 1. The molecule has 1 aromatic heterocycles. The first kappa shape index (κ1) is 27.7. The van der Waals surface area contributed by atoms with Gasteiger partial charge in [-0.25, -0.2) is 0 Å². The summed E-state index contributed by atoms with van der Waals surface area (Å²) in [7, 11) is -3.06. The van der Waals surface area contributed by atoms with Crippen molar-refractivity contribution in [2.75, 3.05) is 0 Å². The predicted octanol–water partition coefficient (Wildman–Crippen LogP) is 10.4. The van der Waals surface area contributed by atoms with Gasteiger partial charge >= 0.3 is 0 Å². The van der Waals surface area contributed by atoms with E-state index in [1.54, 1.807) is 0 Å². The van der Waals surface area contributed by atoms with Gasteiger partial charge in [-0.3, -0.25) is 0 Å². The van der Waals surface area contributed by atoms with Crippen LogP contribution in [0.15, 0.2) is 158 Å². The number of fused-ring (bicyclic) bond motifs is 10. The molecule has 7 aromatic carbocycles. The van der Waals surface area contributed by atoms with Gasteiger partial charge < -0.3 is 9.13 Å². The van der Waals surface area contributed by atoms with Gasteiger partial charge in [0.2, 0.25) is 0 Å². The van der Waals surface area contributed by atoms with Crippen LogP contribution in [0, 0.1) is 0 Å². The van der Waals surface area contributed by atoms with Gasteiger partial charge in [-0.15, -0.1) is 0 Å². The minimum atomic E-state index is -3.06. The van der Waals surface area contributed by atoms with Crippen molar-refractivity contribution >= 4 is 44.9 Å². The Labute approximate surface area is 280 Å². The molecule has 1 unspecified atom stereocenters. The van der Waals surface area contributed by atoms with Crippen LogP contribution in [0.1, 0.15) is 25.0 Å². The number of para-hydroxylation sites is 1. The zero-order valence-electron chi connectivity index (χ0n) is 26.8. The SMILES string of the molecule is CC1(C)c2ccccc2-c2cc(-c3ccc(-n4c5ccccc5c5ccc6c(c54)-c4ccccc4P6(=O)c4ccccc4)cc3)ccc21. The molecular formula is C45H32NOP. The van der Waals surface area contributed by atoms with Crippen LogP contribution in [-0.4, -0.2) is 4.57 Å². The van der Waals surface area contributed by atoms with Gasteiger partial charge in [0.15, 0.2) is 7.14 Å². The molecule has 0 bridgehead atoms. The Morgan fingerprint density at radius 3 is 2.02 bits per heavy atom. The fourth-order valence-corrected chi connectivity index (χ4v) is 11.6. The number of hydrogen-bond donors (Lipinski definition) is 0. The van der Waals surface area contributed by atoms with Crippen LogP contribution < -0.4 is 15.9 Å². The zero-order chi connectivity index (χ0) is 32.2. The van der Waals surface area contributed by atoms with Crippen LogP contribution in [0.4, 0.5) is 0 Å². The molecule has 10 rings (SSSR count). The summed E-state index contributed by atoms with van der Waals surface area (Å²) >= 11 is 0. The highest BCUT2D eigenvalue weighted by atomic mass is 31.2. The summed E-state index contributed by atoms with van der Waals surface area (Å²) in [6, 6.07) is 56.0. The molecule has 0 saturated heterocycles. The van der Waals surface area contributed by atoms with Gasteiger partial charge in [-0.05, 0) is 69.3 Å². The van der Waals surface area contributed by atoms with Crippen molar-refractivity contribution in [3.63, 3.8) is 0 Å². The minimum Gasteiger partial charge on any atom is -0.309 e. The second-order valence-corrected chi connectivity index (χ2v) is 16.3. The van der Waals surface area contributed by atoms with Crippen molar-refractivity contribution in [3.8, 4) is 39.1 Å². The van der Waals surface area contributed by atoms with E-state index >= 15 is 4.57 Å². The molecule has 48 heavy (non-hydrogen) atoms. The summed E-state index contributed by atoms with van der Waals surface area (Å²) in [4.78, 5) is 0. The fourth-order valence-electron chi connectivity index (χ4n) is 8.55. The molecule has 1 aliphatic heterocycles. The molecule has 1 aliphatic carbocycles. The van der Waals surface area contributed by atoms with Gasteiger partial charge in [0.05, 0.1) is 11.0 Å². The van der Waals surface area contributed by atoms with Crippen molar-refractivity contribution in [3.05, 3.63) is 169 Å². The molecule has 0 saturated carbocycles. The van der Waals surface area contributed by atoms with Crippen molar-refractivity contribution in [1.29, 1.82) is 0 Å². The zero-order valence-corrected chi connectivity index (χ0v) is 27.7. The summed E-state index contributed by atoms with van der Waals surface area (Å²) < 4.78 is 17.7. The molecule has 0 N–H and O–H groups in total. The van der Waals surface area contributed by atoms with Crippen LogP contribution in [0.5, 0.6) is 0 Å². The van der Waals surface area contributed by atoms with Crippen molar-refractivity contribution < 1.29 is 4.57 Å². The van der Waals surface area contributed by atoms with E-state index in [9.17, 15) is 0 Å². The maximum absolute atomic E-state index is 15.4. The Morgan fingerprint density at radius 2 is 1.19 bits per heavy atom. The van der Waals surface area contributed by atoms with Crippen molar-refractivity contribution in [1.82, 2.24) is 4.57 Å². The normalized spacial score (nSPS) is 16.9. The minimum absolute atomic E-state index is 0.00575. The highest BCUT2D eigenvalue weighted by Crippen LogP contribution is 2.55. The lowest BCUT2D eigenvalue weighted by molar-refractivity contribution is 0.593. The Bertz CT molecular complexity index is 2660. The first-order valence-electron chi connectivity index (χ1n) is 16.6. The molecule has 228 valence electrons. The lowest BCUT2D eigenvalue weighted by Crippen LogP contribution is -2.20. The van der Waals surface area contributed by atoms with E-state index in [4.69, 9.17) is 0 Å². The third kappa shape index (κ3) is 3.56. The van der Waals surface area contributed by atoms with E-state index in [1.165, 1.54) is 44.2 Å². The Hall–Kier alpha value is -5.43. The second-order valence-electron chi connectivity index (χ2n) is 13.6. The largest absolute Gasteiger partial charge is 0.309 e. The number of rotatable bonds is 3. The fraction of sp³-hybridized carbons (Fsp3) is 0.0667. The van der Waals surface area contributed by atoms with Gasteiger partial charge in [0.1, 0.15) is 0 Å². The van der Waals surface area contributed by atoms with E-state index in [2.05, 4.69) is 140 Å². The average molecular weight is 634 g/mol. The van der Waals surface area contributed by atoms with E-state index in [0.29, 0.717) is 0 Å². The van der Waals surface area contributed by atoms with Crippen molar-refractivity contribution in [2.45, 2.75) is 19.3 Å². The summed E-state index contributed by atoms with van der Waals surface area (Å²) in [6.07, 6.45) is 0. The van der Waals surface area contributed by atoms with Crippen LogP contribution in [0.25, 0.3) is 60.9 Å². The topological polar surface area (TPSA) is 22.0 Å². The molecule has 3 heteroatoms. The third-order valence-corrected chi connectivity index (χ3v) is 14.0.